The van der Waals surface area contributed by atoms with Crippen molar-refractivity contribution >= 4 is 17.9 Å². The Morgan fingerprint density at radius 2 is 1.73 bits per heavy atom. The van der Waals surface area contributed by atoms with Crippen LogP contribution in [-0.2, 0) is 14.3 Å². The lowest BCUT2D eigenvalue weighted by Crippen LogP contribution is -2.59. The lowest BCUT2D eigenvalue weighted by atomic mass is 9.87. The number of aromatic hydroxyl groups is 1. The van der Waals surface area contributed by atoms with Gasteiger partial charge in [-0.05, 0) is 77.5 Å². The molecule has 3 N–H and O–H groups in total. The van der Waals surface area contributed by atoms with E-state index in [-0.39, 0.29) is 35.6 Å². The van der Waals surface area contributed by atoms with Crippen LogP contribution < -0.4 is 10.6 Å². The Bertz CT molecular complexity index is 843. The third-order valence-corrected chi connectivity index (χ3v) is 5.47. The van der Waals surface area contributed by atoms with Crippen LogP contribution in [0.4, 0.5) is 4.79 Å². The fraction of sp³-hybridized carbons (Fsp3) is 0.640. The van der Waals surface area contributed by atoms with Crippen LogP contribution in [0.2, 0.25) is 0 Å². The van der Waals surface area contributed by atoms with Gasteiger partial charge in [-0.3, -0.25) is 9.59 Å². The predicted octanol–water partition coefficient (Wildman–Crippen LogP) is 3.89. The van der Waals surface area contributed by atoms with Crippen LogP contribution in [0.1, 0.15) is 79.3 Å². The number of nitrogens with one attached hydrogen (secondary N) is 2. The molecule has 1 fully saturated rings. The van der Waals surface area contributed by atoms with Gasteiger partial charge in [-0.1, -0.05) is 26.0 Å². The van der Waals surface area contributed by atoms with Crippen molar-refractivity contribution in [2.75, 3.05) is 0 Å². The van der Waals surface area contributed by atoms with Crippen LogP contribution in [0.25, 0.3) is 0 Å². The molecule has 1 aromatic carbocycles. The van der Waals surface area contributed by atoms with E-state index in [0.29, 0.717) is 5.56 Å². The molecule has 1 saturated carbocycles. The van der Waals surface area contributed by atoms with Gasteiger partial charge in [0.2, 0.25) is 11.8 Å². The second-order valence-corrected chi connectivity index (χ2v) is 10.4. The summed E-state index contributed by atoms with van der Waals surface area (Å²) in [6.07, 6.45) is 1.82. The number of rotatable bonds is 8. The van der Waals surface area contributed by atoms with E-state index in [1.165, 1.54) is 12.1 Å². The molecular formula is C25H39N3O5. The summed E-state index contributed by atoms with van der Waals surface area (Å²) in [5.41, 5.74) is -0.183. The summed E-state index contributed by atoms with van der Waals surface area (Å²) in [5.74, 6) is -0.878. The third-order valence-electron chi connectivity index (χ3n) is 5.47. The van der Waals surface area contributed by atoms with Crippen molar-refractivity contribution in [1.82, 2.24) is 15.5 Å². The Labute approximate surface area is 197 Å². The fourth-order valence-corrected chi connectivity index (χ4v) is 3.79. The number of hydrogen-bond acceptors (Lipinski definition) is 5. The average Bonchev–Trinajstić information content (AvgIpc) is 2.61. The van der Waals surface area contributed by atoms with Gasteiger partial charge in [-0.25, -0.2) is 4.79 Å². The summed E-state index contributed by atoms with van der Waals surface area (Å²) < 4.78 is 5.38. The maximum absolute atomic E-state index is 13.9. The highest BCUT2D eigenvalue weighted by Crippen LogP contribution is 2.35. The van der Waals surface area contributed by atoms with Crippen molar-refractivity contribution in [2.45, 2.75) is 97.5 Å². The molecule has 3 amide bonds. The van der Waals surface area contributed by atoms with Crippen LogP contribution in [0.15, 0.2) is 24.3 Å². The molecule has 33 heavy (non-hydrogen) atoms. The quantitative estimate of drug-likeness (QED) is 0.544. The van der Waals surface area contributed by atoms with E-state index in [2.05, 4.69) is 10.6 Å². The summed E-state index contributed by atoms with van der Waals surface area (Å²) in [7, 11) is 0. The molecule has 0 spiro atoms. The van der Waals surface area contributed by atoms with Crippen LogP contribution >= 0.6 is 0 Å². The van der Waals surface area contributed by atoms with Gasteiger partial charge in [0.05, 0.1) is 0 Å². The molecule has 1 aromatic rings. The summed E-state index contributed by atoms with van der Waals surface area (Å²) in [6, 6.07) is 4.36. The zero-order valence-electron chi connectivity index (χ0n) is 20.8. The topological polar surface area (TPSA) is 108 Å². The number of carbonyl (C=O) groups excluding carboxylic acids is 3. The lowest BCUT2D eigenvalue weighted by molar-refractivity contribution is -0.148. The van der Waals surface area contributed by atoms with Crippen molar-refractivity contribution < 1.29 is 24.2 Å². The second-order valence-electron chi connectivity index (χ2n) is 10.4. The number of ether oxygens (including phenoxy) is 1. The standard InChI is InChI=1S/C25H39N3O5/c1-15(2)20(27-24(32)33-25(5,6)7)23(31)28(18-11-9-12-18)21(22(30)26-16(3)4)17-10-8-13-19(29)14-17/h8,10,13-16,18,20-21,29H,9,11-12H2,1-7H3,(H,26,30)(H,27,32). The Kier molecular flexibility index (Phi) is 8.75. The van der Waals surface area contributed by atoms with E-state index in [9.17, 15) is 19.5 Å². The van der Waals surface area contributed by atoms with E-state index in [1.54, 1.807) is 37.8 Å². The molecule has 2 unspecified atom stereocenters. The van der Waals surface area contributed by atoms with Crippen molar-refractivity contribution in [3.63, 3.8) is 0 Å². The molecule has 0 bridgehead atoms. The number of benzene rings is 1. The minimum absolute atomic E-state index is 0.0168. The zero-order valence-corrected chi connectivity index (χ0v) is 20.8. The van der Waals surface area contributed by atoms with Gasteiger partial charge in [-0.15, -0.1) is 0 Å². The third kappa shape index (κ3) is 7.37. The van der Waals surface area contributed by atoms with Crippen LogP contribution in [0.5, 0.6) is 5.75 Å². The van der Waals surface area contributed by atoms with Crippen molar-refractivity contribution in [3.8, 4) is 5.75 Å². The molecule has 0 aliphatic heterocycles. The van der Waals surface area contributed by atoms with Gasteiger partial charge in [0, 0.05) is 12.1 Å². The molecule has 2 rings (SSSR count). The molecule has 2 atom stereocenters. The average molecular weight is 462 g/mol. The smallest absolute Gasteiger partial charge is 0.408 e. The molecule has 1 aliphatic carbocycles. The number of nitrogens with zero attached hydrogens (tertiary/aromatic N) is 1. The van der Waals surface area contributed by atoms with Gasteiger partial charge >= 0.3 is 6.09 Å². The van der Waals surface area contributed by atoms with Gasteiger partial charge in [0.25, 0.3) is 0 Å². The molecule has 8 heteroatoms. The van der Waals surface area contributed by atoms with E-state index in [0.717, 1.165) is 19.3 Å². The van der Waals surface area contributed by atoms with Crippen molar-refractivity contribution in [1.29, 1.82) is 0 Å². The van der Waals surface area contributed by atoms with Gasteiger partial charge in [-0.2, -0.15) is 0 Å². The fourth-order valence-electron chi connectivity index (χ4n) is 3.79. The second kappa shape index (κ2) is 10.9. The SMILES string of the molecule is CC(C)NC(=O)C(c1cccc(O)c1)N(C(=O)C(NC(=O)OC(C)(C)C)C(C)C)C1CCC1. The highest BCUT2D eigenvalue weighted by Gasteiger charge is 2.42. The van der Waals surface area contributed by atoms with E-state index < -0.39 is 23.8 Å². The number of amides is 3. The summed E-state index contributed by atoms with van der Waals surface area (Å²) >= 11 is 0. The normalized spacial score (nSPS) is 16.0. The maximum atomic E-state index is 13.9. The van der Waals surface area contributed by atoms with E-state index in [4.69, 9.17) is 4.74 Å². The summed E-state index contributed by atoms with van der Waals surface area (Å²) in [4.78, 5) is 41.4. The molecule has 0 heterocycles. The molecule has 0 aromatic heterocycles. The first-order chi connectivity index (χ1) is 15.3. The molecule has 0 radical (unpaired) electrons. The Balaban J connectivity index is 2.46. The lowest BCUT2D eigenvalue weighted by Gasteiger charge is -2.44. The maximum Gasteiger partial charge on any atom is 0.408 e. The molecule has 8 nitrogen and oxygen atoms in total. The van der Waals surface area contributed by atoms with Crippen molar-refractivity contribution in [2.24, 2.45) is 5.92 Å². The van der Waals surface area contributed by atoms with Crippen LogP contribution in [-0.4, -0.2) is 51.6 Å². The highest BCUT2D eigenvalue weighted by molar-refractivity contribution is 5.92. The van der Waals surface area contributed by atoms with Gasteiger partial charge in [0.15, 0.2) is 0 Å². The first-order valence-electron chi connectivity index (χ1n) is 11.7. The monoisotopic (exact) mass is 461 g/mol. The molecule has 184 valence electrons. The Morgan fingerprint density at radius 1 is 1.09 bits per heavy atom. The Morgan fingerprint density at radius 3 is 2.18 bits per heavy atom. The Hall–Kier alpha value is -2.77. The van der Waals surface area contributed by atoms with Crippen molar-refractivity contribution in [3.05, 3.63) is 29.8 Å². The van der Waals surface area contributed by atoms with Crippen LogP contribution in [0.3, 0.4) is 0 Å². The first-order valence-corrected chi connectivity index (χ1v) is 11.7. The number of phenolic OH excluding ortho intramolecular Hbond substituents is 1. The van der Waals surface area contributed by atoms with Gasteiger partial charge in [0.1, 0.15) is 23.4 Å². The molecule has 1 aliphatic rings. The number of phenols is 1. The minimum atomic E-state index is -0.931. The minimum Gasteiger partial charge on any atom is -0.508 e. The summed E-state index contributed by atoms with van der Waals surface area (Å²) in [6.45, 7) is 12.7. The van der Waals surface area contributed by atoms with E-state index in [1.807, 2.05) is 27.7 Å². The highest BCUT2D eigenvalue weighted by atomic mass is 16.6. The van der Waals surface area contributed by atoms with E-state index >= 15 is 0 Å². The largest absolute Gasteiger partial charge is 0.508 e. The molecule has 0 saturated heterocycles. The zero-order chi connectivity index (χ0) is 24.9. The first kappa shape index (κ1) is 26.5. The number of alkyl carbamates (subject to hydrolysis) is 1. The van der Waals surface area contributed by atoms with Gasteiger partial charge < -0.3 is 25.4 Å². The number of carbonyl (C=O) groups is 3. The van der Waals surface area contributed by atoms with Crippen LogP contribution in [0, 0.1) is 5.92 Å². The predicted molar refractivity (Wildman–Crippen MR) is 127 cm³/mol. The number of hydrogen-bond donors (Lipinski definition) is 3. The summed E-state index contributed by atoms with van der Waals surface area (Å²) in [5, 5.41) is 15.7. The molecular weight excluding hydrogens is 422 g/mol.